The van der Waals surface area contributed by atoms with Crippen molar-refractivity contribution in [3.8, 4) is 0 Å². The van der Waals surface area contributed by atoms with Gasteiger partial charge in [-0.05, 0) is 25.5 Å². The van der Waals surface area contributed by atoms with Gasteiger partial charge in [0.2, 0.25) is 11.9 Å². The second-order valence-electron chi connectivity index (χ2n) is 6.68. The van der Waals surface area contributed by atoms with Crippen LogP contribution in [0, 0.1) is 6.92 Å². The van der Waals surface area contributed by atoms with Crippen LogP contribution in [0.1, 0.15) is 24.6 Å². The van der Waals surface area contributed by atoms with Gasteiger partial charge in [-0.1, -0.05) is 25.5 Å². The summed E-state index contributed by atoms with van der Waals surface area (Å²) in [5.74, 6) is -0.233. The van der Waals surface area contributed by atoms with Gasteiger partial charge in [0.25, 0.3) is 16.9 Å². The Bertz CT molecular complexity index is 1350. The molecule has 0 saturated carbocycles. The molecular formula is C19H19N7O3. The zero-order valence-corrected chi connectivity index (χ0v) is 16.0. The first kappa shape index (κ1) is 18.5. The van der Waals surface area contributed by atoms with Gasteiger partial charge in [0.05, 0.1) is 22.9 Å². The molecule has 0 atom stereocenters. The van der Waals surface area contributed by atoms with Crippen molar-refractivity contribution in [1.29, 1.82) is 0 Å². The third kappa shape index (κ3) is 3.40. The second-order valence-corrected chi connectivity index (χ2v) is 6.68. The number of amides is 1. The molecule has 4 aromatic rings. The van der Waals surface area contributed by atoms with E-state index in [4.69, 9.17) is 0 Å². The fourth-order valence-corrected chi connectivity index (χ4v) is 3.19. The van der Waals surface area contributed by atoms with Crippen LogP contribution in [-0.4, -0.2) is 35.0 Å². The zero-order valence-electron chi connectivity index (χ0n) is 16.0. The quantitative estimate of drug-likeness (QED) is 0.521. The highest BCUT2D eigenvalue weighted by Gasteiger charge is 2.14. The lowest BCUT2D eigenvalue weighted by Crippen LogP contribution is -2.28. The number of benzene rings is 1. The van der Waals surface area contributed by atoms with Gasteiger partial charge in [0, 0.05) is 5.56 Å². The van der Waals surface area contributed by atoms with E-state index >= 15 is 0 Å². The monoisotopic (exact) mass is 393 g/mol. The van der Waals surface area contributed by atoms with E-state index in [9.17, 15) is 14.4 Å². The Hall–Kier alpha value is -3.82. The fraction of sp³-hybridized carbons (Fsp3) is 0.263. The van der Waals surface area contributed by atoms with E-state index in [0.29, 0.717) is 28.6 Å². The highest BCUT2D eigenvalue weighted by molar-refractivity contribution is 5.89. The van der Waals surface area contributed by atoms with Gasteiger partial charge in [0.1, 0.15) is 6.54 Å². The first-order chi connectivity index (χ1) is 14.0. The molecule has 0 radical (unpaired) electrons. The van der Waals surface area contributed by atoms with Crippen LogP contribution in [-0.2, 0) is 17.8 Å². The summed E-state index contributed by atoms with van der Waals surface area (Å²) >= 11 is 0. The van der Waals surface area contributed by atoms with E-state index < -0.39 is 5.91 Å². The number of nitrogens with zero attached hydrogens (tertiary/aromatic N) is 5. The van der Waals surface area contributed by atoms with E-state index in [1.54, 1.807) is 31.2 Å². The number of rotatable bonds is 5. The summed E-state index contributed by atoms with van der Waals surface area (Å²) in [5, 5.41) is 5.74. The standard InChI is InChI=1S/C19H19N7O3/c1-3-6-12-11(2)21-19-23-18(24-26(19)17(12)29)22-15(27)9-25-10-20-14-8-5-4-7-13(14)16(25)28/h4-5,7-8,10H,3,6,9H2,1-2H3,(H2,21,22,23,24,27). The number of para-hydroxylation sites is 1. The maximum atomic E-state index is 12.6. The molecule has 0 aliphatic rings. The van der Waals surface area contributed by atoms with E-state index in [2.05, 4.69) is 25.4 Å². The van der Waals surface area contributed by atoms with Crippen molar-refractivity contribution in [3.63, 3.8) is 0 Å². The molecule has 0 bridgehead atoms. The van der Waals surface area contributed by atoms with Crippen molar-refractivity contribution >= 4 is 28.5 Å². The maximum absolute atomic E-state index is 12.6. The van der Waals surface area contributed by atoms with Crippen molar-refractivity contribution in [3.05, 3.63) is 62.6 Å². The SMILES string of the molecule is CCCc1c(C)nc2nc(NC(=O)Cn3cnc4ccccc4c3=O)[nH]n2c1=O. The highest BCUT2D eigenvalue weighted by Crippen LogP contribution is 2.08. The molecule has 0 unspecified atom stereocenters. The van der Waals surface area contributed by atoms with Gasteiger partial charge in [-0.2, -0.15) is 9.50 Å². The van der Waals surface area contributed by atoms with Gasteiger partial charge < -0.3 is 0 Å². The number of aromatic nitrogens is 6. The summed E-state index contributed by atoms with van der Waals surface area (Å²) in [4.78, 5) is 50.1. The molecule has 4 rings (SSSR count). The third-order valence-corrected chi connectivity index (χ3v) is 4.60. The first-order valence-corrected chi connectivity index (χ1v) is 9.20. The summed E-state index contributed by atoms with van der Waals surface area (Å²) < 4.78 is 2.42. The molecule has 3 aromatic heterocycles. The summed E-state index contributed by atoms with van der Waals surface area (Å²) in [6.07, 6.45) is 2.75. The van der Waals surface area contributed by atoms with E-state index in [0.717, 1.165) is 6.42 Å². The largest absolute Gasteiger partial charge is 0.293 e. The summed E-state index contributed by atoms with van der Waals surface area (Å²) in [6, 6.07) is 6.92. The molecule has 1 amide bonds. The van der Waals surface area contributed by atoms with E-state index in [1.165, 1.54) is 15.4 Å². The van der Waals surface area contributed by atoms with E-state index in [1.807, 2.05) is 6.92 Å². The molecule has 2 N–H and O–H groups in total. The maximum Gasteiger partial charge on any atom is 0.277 e. The van der Waals surface area contributed by atoms with Crippen LogP contribution in [0.5, 0.6) is 0 Å². The lowest BCUT2D eigenvalue weighted by molar-refractivity contribution is -0.116. The Labute approximate surface area is 164 Å². The van der Waals surface area contributed by atoms with Crippen LogP contribution in [0.25, 0.3) is 16.7 Å². The first-order valence-electron chi connectivity index (χ1n) is 9.20. The number of aromatic amines is 1. The van der Waals surface area contributed by atoms with Crippen molar-refractivity contribution in [2.75, 3.05) is 5.32 Å². The van der Waals surface area contributed by atoms with Crippen LogP contribution in [0.15, 0.2) is 40.2 Å². The van der Waals surface area contributed by atoms with Crippen LogP contribution >= 0.6 is 0 Å². The van der Waals surface area contributed by atoms with Gasteiger partial charge in [-0.25, -0.2) is 9.97 Å². The Kier molecular flexibility index (Phi) is 4.67. The number of hydrogen-bond donors (Lipinski definition) is 2. The predicted octanol–water partition coefficient (Wildman–Crippen LogP) is 1.03. The summed E-state index contributed by atoms with van der Waals surface area (Å²) in [6.45, 7) is 3.50. The van der Waals surface area contributed by atoms with Gasteiger partial charge >= 0.3 is 0 Å². The number of anilines is 1. The molecule has 0 fully saturated rings. The highest BCUT2D eigenvalue weighted by atomic mass is 16.2. The minimum atomic E-state index is -0.484. The van der Waals surface area contributed by atoms with E-state index in [-0.39, 0.29) is 29.4 Å². The molecule has 0 saturated heterocycles. The predicted molar refractivity (Wildman–Crippen MR) is 107 cm³/mol. The number of H-pyrrole nitrogens is 1. The average Bonchev–Trinajstić information content (AvgIpc) is 3.10. The van der Waals surface area contributed by atoms with Gasteiger partial charge in [-0.3, -0.25) is 29.4 Å². The molecule has 10 heteroatoms. The van der Waals surface area contributed by atoms with Crippen LogP contribution in [0.4, 0.5) is 5.95 Å². The topological polar surface area (TPSA) is 127 Å². The normalized spacial score (nSPS) is 11.2. The molecule has 29 heavy (non-hydrogen) atoms. The van der Waals surface area contributed by atoms with Crippen molar-refractivity contribution < 1.29 is 4.79 Å². The smallest absolute Gasteiger partial charge is 0.277 e. The van der Waals surface area contributed by atoms with Gasteiger partial charge in [0.15, 0.2) is 0 Å². The van der Waals surface area contributed by atoms with Crippen LogP contribution < -0.4 is 16.4 Å². The molecule has 0 aliphatic carbocycles. The minimum absolute atomic E-state index is 0.0782. The number of carbonyl (C=O) groups excluding carboxylic acids is 1. The lowest BCUT2D eigenvalue weighted by Gasteiger charge is -2.06. The fourth-order valence-electron chi connectivity index (χ4n) is 3.19. The lowest BCUT2D eigenvalue weighted by atomic mass is 10.1. The Balaban J connectivity index is 1.60. The number of aryl methyl sites for hydroxylation is 1. The zero-order chi connectivity index (χ0) is 20.5. The Morgan fingerprint density at radius 3 is 2.76 bits per heavy atom. The van der Waals surface area contributed by atoms with Crippen LogP contribution in [0.2, 0.25) is 0 Å². The number of carbonyl (C=O) groups is 1. The molecule has 0 aliphatic heterocycles. The van der Waals surface area contributed by atoms with Crippen LogP contribution in [0.3, 0.4) is 0 Å². The second kappa shape index (κ2) is 7.30. The minimum Gasteiger partial charge on any atom is -0.293 e. The van der Waals surface area contributed by atoms with Crippen molar-refractivity contribution in [2.45, 2.75) is 33.2 Å². The molecule has 3 heterocycles. The Morgan fingerprint density at radius 2 is 1.97 bits per heavy atom. The summed E-state index contributed by atoms with van der Waals surface area (Å²) in [5.41, 5.74) is 1.25. The molecular weight excluding hydrogens is 374 g/mol. The van der Waals surface area contributed by atoms with Gasteiger partial charge in [-0.15, -0.1) is 0 Å². The molecule has 1 aromatic carbocycles. The Morgan fingerprint density at radius 1 is 1.17 bits per heavy atom. The third-order valence-electron chi connectivity index (χ3n) is 4.60. The molecule has 0 spiro atoms. The molecule has 10 nitrogen and oxygen atoms in total. The number of nitrogens with one attached hydrogen (secondary N) is 2. The van der Waals surface area contributed by atoms with Crippen molar-refractivity contribution in [1.82, 2.24) is 29.1 Å². The van der Waals surface area contributed by atoms with Crippen molar-refractivity contribution in [2.24, 2.45) is 0 Å². The average molecular weight is 393 g/mol. The molecule has 148 valence electrons. The number of hydrogen-bond acceptors (Lipinski definition) is 6. The number of fused-ring (bicyclic) bond motifs is 2. The summed E-state index contributed by atoms with van der Waals surface area (Å²) in [7, 11) is 0.